The molecule has 0 aromatic heterocycles. The highest BCUT2D eigenvalue weighted by Crippen LogP contribution is 2.77. The molecule has 0 radical (unpaired) electrons. The van der Waals surface area contributed by atoms with Crippen LogP contribution in [0.5, 0.6) is 0 Å². The number of carbonyl (C=O) groups is 1. The molecule has 1 saturated heterocycles. The van der Waals surface area contributed by atoms with E-state index in [1.165, 1.54) is 0 Å². The van der Waals surface area contributed by atoms with Crippen LogP contribution in [-0.4, -0.2) is 31.2 Å². The van der Waals surface area contributed by atoms with E-state index in [0.29, 0.717) is 5.56 Å². The first-order valence-electron chi connectivity index (χ1n) is 7.31. The van der Waals surface area contributed by atoms with E-state index in [0.717, 1.165) is 12.0 Å². The number of methoxy groups -OCH3 is 2. The van der Waals surface area contributed by atoms with E-state index in [2.05, 4.69) is 12.2 Å². The lowest BCUT2D eigenvalue weighted by Gasteiger charge is -2.43. The van der Waals surface area contributed by atoms with Crippen molar-refractivity contribution in [1.29, 1.82) is 0 Å². The Bertz CT molecular complexity index is 704. The third kappa shape index (κ3) is 0.909. The Morgan fingerprint density at radius 3 is 2.62 bits per heavy atom. The first-order valence-corrected chi connectivity index (χ1v) is 7.31. The summed E-state index contributed by atoms with van der Waals surface area (Å²) in [6, 6.07) is 7.55. The minimum absolute atomic E-state index is 0.0830. The fourth-order valence-electron chi connectivity index (χ4n) is 5.15. The van der Waals surface area contributed by atoms with Gasteiger partial charge in [0.2, 0.25) is 5.79 Å². The highest BCUT2D eigenvalue weighted by molar-refractivity contribution is 6.10. The van der Waals surface area contributed by atoms with E-state index in [1.807, 2.05) is 24.3 Å². The molecule has 4 aliphatic rings. The van der Waals surface area contributed by atoms with Gasteiger partial charge in [0.1, 0.15) is 0 Å². The van der Waals surface area contributed by atoms with Crippen molar-refractivity contribution in [3.05, 3.63) is 47.5 Å². The van der Waals surface area contributed by atoms with E-state index < -0.39 is 17.0 Å². The summed E-state index contributed by atoms with van der Waals surface area (Å²) in [5.74, 6) is -0.630. The maximum atomic E-state index is 13.1. The van der Waals surface area contributed by atoms with Crippen LogP contribution in [0.2, 0.25) is 0 Å². The quantitative estimate of drug-likeness (QED) is 0.474. The minimum atomic E-state index is -1.01. The zero-order chi connectivity index (χ0) is 14.5. The molecule has 5 rings (SSSR count). The first-order chi connectivity index (χ1) is 10.2. The van der Waals surface area contributed by atoms with Crippen molar-refractivity contribution in [2.24, 2.45) is 11.8 Å². The molecule has 0 N–H and O–H groups in total. The SMILES string of the molecule is COC1(OC)c2ccccc2C(=O)C23OC12C1C=CC3C1. The van der Waals surface area contributed by atoms with Crippen molar-refractivity contribution in [1.82, 2.24) is 0 Å². The molecule has 1 aliphatic heterocycles. The van der Waals surface area contributed by atoms with Crippen LogP contribution in [0.25, 0.3) is 0 Å². The zero-order valence-electron chi connectivity index (χ0n) is 12.0. The van der Waals surface area contributed by atoms with Gasteiger partial charge in [0.25, 0.3) is 0 Å². The van der Waals surface area contributed by atoms with Crippen LogP contribution in [0.4, 0.5) is 0 Å². The average Bonchev–Trinajstić information content (AvgIpc) is 2.94. The number of carbonyl (C=O) groups excluding carboxylic acids is 1. The number of hydrogen-bond acceptors (Lipinski definition) is 4. The Hall–Kier alpha value is -1.49. The largest absolute Gasteiger partial charge is 0.347 e. The zero-order valence-corrected chi connectivity index (χ0v) is 12.0. The van der Waals surface area contributed by atoms with Crippen molar-refractivity contribution in [3.8, 4) is 0 Å². The van der Waals surface area contributed by atoms with Crippen molar-refractivity contribution < 1.29 is 19.0 Å². The Kier molecular flexibility index (Phi) is 1.90. The number of Topliss-reactive ketones (excluding diaryl/α,β-unsaturated/α-hetero) is 1. The second-order valence-electron chi connectivity index (χ2n) is 6.31. The molecule has 4 heteroatoms. The van der Waals surface area contributed by atoms with Crippen LogP contribution in [0.1, 0.15) is 22.3 Å². The molecule has 4 unspecified atom stereocenters. The molecule has 1 aromatic rings. The molecule has 0 spiro atoms. The third-order valence-electron chi connectivity index (χ3n) is 5.89. The second-order valence-corrected chi connectivity index (χ2v) is 6.31. The van der Waals surface area contributed by atoms with Crippen molar-refractivity contribution in [2.45, 2.75) is 23.4 Å². The van der Waals surface area contributed by atoms with E-state index >= 15 is 0 Å². The Morgan fingerprint density at radius 2 is 1.86 bits per heavy atom. The molecule has 2 fully saturated rings. The molecule has 0 amide bonds. The highest BCUT2D eigenvalue weighted by Gasteiger charge is 2.94. The van der Waals surface area contributed by atoms with Gasteiger partial charge in [0, 0.05) is 37.2 Å². The van der Waals surface area contributed by atoms with Gasteiger partial charge in [0.15, 0.2) is 17.0 Å². The van der Waals surface area contributed by atoms with Gasteiger partial charge in [-0.25, -0.2) is 0 Å². The standard InChI is InChI=1S/C17H16O4/c1-19-17(20-2)13-6-4-3-5-12(13)14(18)15-10-7-8-11(9-10)16(15,17)21-15/h3-8,10-11H,9H2,1-2H3. The highest BCUT2D eigenvalue weighted by atomic mass is 16.8. The predicted octanol–water partition coefficient (Wildman–Crippen LogP) is 2.04. The van der Waals surface area contributed by atoms with Crippen LogP contribution in [0.15, 0.2) is 36.4 Å². The molecule has 21 heavy (non-hydrogen) atoms. The first kappa shape index (κ1) is 12.1. The number of fused-ring (bicyclic) bond motifs is 3. The Morgan fingerprint density at radius 1 is 1.14 bits per heavy atom. The maximum Gasteiger partial charge on any atom is 0.229 e. The van der Waals surface area contributed by atoms with Crippen molar-refractivity contribution >= 4 is 5.78 Å². The van der Waals surface area contributed by atoms with Gasteiger partial charge < -0.3 is 14.2 Å². The van der Waals surface area contributed by atoms with E-state index in [4.69, 9.17) is 14.2 Å². The summed E-state index contributed by atoms with van der Waals surface area (Å²) < 4.78 is 18.0. The van der Waals surface area contributed by atoms with Gasteiger partial charge in [0.05, 0.1) is 0 Å². The molecule has 4 atom stereocenters. The lowest BCUT2D eigenvalue weighted by Crippen LogP contribution is -2.58. The summed E-state index contributed by atoms with van der Waals surface area (Å²) in [5.41, 5.74) is -0.0365. The summed E-state index contributed by atoms with van der Waals surface area (Å²) in [6.07, 6.45) is 5.22. The molecular weight excluding hydrogens is 268 g/mol. The topological polar surface area (TPSA) is 48.1 Å². The molecule has 1 aromatic carbocycles. The summed E-state index contributed by atoms with van der Waals surface area (Å²) in [4.78, 5) is 13.1. The van der Waals surface area contributed by atoms with E-state index in [9.17, 15) is 4.79 Å². The smallest absolute Gasteiger partial charge is 0.229 e. The molecule has 4 nitrogen and oxygen atoms in total. The number of rotatable bonds is 2. The van der Waals surface area contributed by atoms with Crippen LogP contribution in [0.3, 0.4) is 0 Å². The fraction of sp³-hybridized carbons (Fsp3) is 0.471. The molecule has 3 aliphatic carbocycles. The fourth-order valence-corrected chi connectivity index (χ4v) is 5.15. The summed E-state index contributed by atoms with van der Waals surface area (Å²) >= 11 is 0. The lowest BCUT2D eigenvalue weighted by molar-refractivity contribution is -0.263. The lowest BCUT2D eigenvalue weighted by atomic mass is 9.66. The number of benzene rings is 1. The van der Waals surface area contributed by atoms with Gasteiger partial charge in [-0.3, -0.25) is 4.79 Å². The average molecular weight is 284 g/mol. The van der Waals surface area contributed by atoms with Crippen LogP contribution in [-0.2, 0) is 20.0 Å². The molecule has 108 valence electrons. The number of ketones is 1. The Labute approximate surface area is 122 Å². The van der Waals surface area contributed by atoms with Crippen LogP contribution >= 0.6 is 0 Å². The number of hydrogen-bond donors (Lipinski definition) is 0. The summed E-state index contributed by atoms with van der Waals surface area (Å²) in [5, 5.41) is 0. The molecule has 1 saturated carbocycles. The van der Waals surface area contributed by atoms with Gasteiger partial charge in [-0.15, -0.1) is 0 Å². The predicted molar refractivity (Wildman–Crippen MR) is 73.8 cm³/mol. The third-order valence-corrected chi connectivity index (χ3v) is 5.89. The minimum Gasteiger partial charge on any atom is -0.347 e. The van der Waals surface area contributed by atoms with Gasteiger partial charge >= 0.3 is 0 Å². The maximum absolute atomic E-state index is 13.1. The molecule has 1 heterocycles. The summed E-state index contributed by atoms with van der Waals surface area (Å²) in [7, 11) is 3.26. The normalized spacial score (nSPS) is 43.4. The summed E-state index contributed by atoms with van der Waals surface area (Å²) in [6.45, 7) is 0. The van der Waals surface area contributed by atoms with Crippen LogP contribution < -0.4 is 0 Å². The van der Waals surface area contributed by atoms with Crippen molar-refractivity contribution in [2.75, 3.05) is 14.2 Å². The number of ether oxygens (including phenoxy) is 3. The van der Waals surface area contributed by atoms with Gasteiger partial charge in [-0.05, 0) is 6.42 Å². The van der Waals surface area contributed by atoms with Gasteiger partial charge in [-0.2, -0.15) is 0 Å². The van der Waals surface area contributed by atoms with Gasteiger partial charge in [-0.1, -0.05) is 36.4 Å². The second kappa shape index (κ2) is 3.29. The molecular formula is C17H16O4. The van der Waals surface area contributed by atoms with E-state index in [-0.39, 0.29) is 17.6 Å². The monoisotopic (exact) mass is 284 g/mol. The number of epoxide rings is 1. The van der Waals surface area contributed by atoms with E-state index in [1.54, 1.807) is 14.2 Å². The van der Waals surface area contributed by atoms with Crippen molar-refractivity contribution in [3.63, 3.8) is 0 Å². The Balaban J connectivity index is 1.87. The molecule has 2 bridgehead atoms. The van der Waals surface area contributed by atoms with Crippen LogP contribution in [0, 0.1) is 11.8 Å².